The van der Waals surface area contributed by atoms with Crippen LogP contribution in [0.2, 0.25) is 15.1 Å². The molecule has 200 valence electrons. The Kier molecular flexibility index (Phi) is 10.3. The minimum Gasteiger partial charge on any atom is -0.337 e. The molecule has 0 aliphatic carbocycles. The lowest BCUT2D eigenvalue weighted by atomic mass is 10.0. The molecule has 2 aliphatic rings. The summed E-state index contributed by atoms with van der Waals surface area (Å²) in [5.74, 6) is 0.167. The van der Waals surface area contributed by atoms with E-state index in [4.69, 9.17) is 34.8 Å². The van der Waals surface area contributed by atoms with Crippen LogP contribution in [0.5, 0.6) is 0 Å². The first-order valence-corrected chi connectivity index (χ1v) is 14.4. The lowest BCUT2D eigenvalue weighted by Crippen LogP contribution is -2.47. The molecule has 0 radical (unpaired) electrons. The summed E-state index contributed by atoms with van der Waals surface area (Å²) in [6, 6.07) is 10.8. The summed E-state index contributed by atoms with van der Waals surface area (Å²) in [5, 5.41) is 5.14. The van der Waals surface area contributed by atoms with Crippen molar-refractivity contribution in [2.24, 2.45) is 0 Å². The molecule has 2 fully saturated rings. The van der Waals surface area contributed by atoms with E-state index in [-0.39, 0.29) is 23.8 Å². The van der Waals surface area contributed by atoms with Gasteiger partial charge in [-0.25, -0.2) is 0 Å². The number of likely N-dealkylation sites (tertiary alicyclic amines) is 1. The number of aryl methyl sites for hydroxylation is 1. The number of hydrogen-bond donors (Lipinski definition) is 1. The van der Waals surface area contributed by atoms with Crippen LogP contribution in [0.15, 0.2) is 36.4 Å². The average molecular weight is 565 g/mol. The van der Waals surface area contributed by atoms with Gasteiger partial charge in [-0.15, -0.1) is 0 Å². The molecule has 5 nitrogen and oxygen atoms in total. The van der Waals surface area contributed by atoms with Crippen LogP contribution in [0.25, 0.3) is 0 Å². The van der Waals surface area contributed by atoms with Crippen LogP contribution in [0.3, 0.4) is 0 Å². The number of hydrogen-bond acceptors (Lipinski definition) is 4. The second kappa shape index (κ2) is 13.4. The Morgan fingerprint density at radius 3 is 2.49 bits per heavy atom. The molecule has 0 spiro atoms. The van der Waals surface area contributed by atoms with Gasteiger partial charge in [0.05, 0.1) is 16.1 Å². The normalized spacial score (nSPS) is 21.2. The first-order chi connectivity index (χ1) is 17.8. The number of piperidine rings is 1. The summed E-state index contributed by atoms with van der Waals surface area (Å²) in [4.78, 5) is 31.0. The van der Waals surface area contributed by atoms with Gasteiger partial charge in [-0.2, -0.15) is 0 Å². The second-order valence-electron chi connectivity index (χ2n) is 10.4. The van der Waals surface area contributed by atoms with Gasteiger partial charge in [-0.3, -0.25) is 9.59 Å². The van der Waals surface area contributed by atoms with E-state index < -0.39 is 0 Å². The number of rotatable bonds is 9. The van der Waals surface area contributed by atoms with Gasteiger partial charge in [0, 0.05) is 42.7 Å². The highest BCUT2D eigenvalue weighted by molar-refractivity contribution is 6.42. The molecule has 2 atom stereocenters. The van der Waals surface area contributed by atoms with Crippen LogP contribution in [-0.2, 0) is 11.3 Å². The maximum atomic E-state index is 13.7. The number of benzene rings is 2. The fraction of sp³-hybridized carbons (Fsp3) is 0.517. The number of amides is 1. The van der Waals surface area contributed by atoms with Crippen molar-refractivity contribution in [2.75, 3.05) is 26.2 Å². The van der Waals surface area contributed by atoms with Crippen LogP contribution in [0, 0.1) is 6.92 Å². The first-order valence-electron chi connectivity index (χ1n) is 13.3. The van der Waals surface area contributed by atoms with Crippen molar-refractivity contribution >= 4 is 46.5 Å². The van der Waals surface area contributed by atoms with Gasteiger partial charge in [-0.05, 0) is 93.6 Å². The van der Waals surface area contributed by atoms with E-state index in [0.29, 0.717) is 46.6 Å². The number of halogens is 3. The Labute approximate surface area is 235 Å². The van der Waals surface area contributed by atoms with Gasteiger partial charge in [0.2, 0.25) is 5.91 Å². The molecule has 8 heteroatoms. The number of nitrogens with zero attached hydrogens (tertiary/aromatic N) is 2. The average Bonchev–Trinajstić information content (AvgIpc) is 3.01. The molecule has 2 aromatic carbocycles. The molecule has 1 amide bonds. The molecule has 1 N–H and O–H groups in total. The SMILES string of the molecule is Cc1cc(Cl)cc(CN2CC[C@@H](CCC(=O)c3ccc(Cl)c(Cl)c3)N[C@@H](CCN3CCCCC3)C2=O)c1. The Morgan fingerprint density at radius 1 is 0.973 bits per heavy atom. The molecular weight excluding hydrogens is 529 g/mol. The van der Waals surface area contributed by atoms with Crippen molar-refractivity contribution < 1.29 is 9.59 Å². The van der Waals surface area contributed by atoms with E-state index in [0.717, 1.165) is 43.6 Å². The zero-order chi connectivity index (χ0) is 26.4. The summed E-state index contributed by atoms with van der Waals surface area (Å²) in [7, 11) is 0. The summed E-state index contributed by atoms with van der Waals surface area (Å²) in [6.45, 7) is 6.31. The zero-order valence-corrected chi connectivity index (χ0v) is 23.7. The summed E-state index contributed by atoms with van der Waals surface area (Å²) in [6.07, 6.45) is 6.35. The number of Topliss-reactive ketones (excluding diaryl/α,β-unsaturated/α-hetero) is 1. The highest BCUT2D eigenvalue weighted by Crippen LogP contribution is 2.25. The predicted octanol–water partition coefficient (Wildman–Crippen LogP) is 6.55. The molecule has 0 unspecified atom stereocenters. The minimum absolute atomic E-state index is 0.0343. The monoisotopic (exact) mass is 563 g/mol. The van der Waals surface area contributed by atoms with E-state index in [1.807, 2.05) is 24.0 Å². The third-order valence-corrected chi connectivity index (χ3v) is 8.37. The Balaban J connectivity index is 1.43. The highest BCUT2D eigenvalue weighted by atomic mass is 35.5. The number of ketones is 1. The van der Waals surface area contributed by atoms with Gasteiger partial charge in [0.15, 0.2) is 5.78 Å². The van der Waals surface area contributed by atoms with Gasteiger partial charge in [-0.1, -0.05) is 47.3 Å². The van der Waals surface area contributed by atoms with Gasteiger partial charge >= 0.3 is 0 Å². The van der Waals surface area contributed by atoms with E-state index in [9.17, 15) is 9.59 Å². The second-order valence-corrected chi connectivity index (χ2v) is 11.6. The molecule has 0 aromatic heterocycles. The van der Waals surface area contributed by atoms with Crippen molar-refractivity contribution in [2.45, 2.75) is 70.5 Å². The van der Waals surface area contributed by atoms with Crippen LogP contribution in [-0.4, -0.2) is 59.8 Å². The third-order valence-electron chi connectivity index (χ3n) is 7.41. The molecular formula is C29H36Cl3N3O2. The standard InChI is InChI=1S/C29H36Cl3N3O2/c1-20-15-21(17-23(30)16-20)19-35-14-9-24(6-8-28(36)22-5-7-25(31)26(32)18-22)33-27(29(35)37)10-13-34-11-3-2-4-12-34/h5,7,15-18,24,27,33H,2-4,6,8-14,19H2,1H3/t24-,27+/m1/s1. The minimum atomic E-state index is -0.269. The maximum absolute atomic E-state index is 13.7. The zero-order valence-electron chi connectivity index (χ0n) is 21.4. The molecule has 2 aromatic rings. The van der Waals surface area contributed by atoms with E-state index in [1.54, 1.807) is 18.2 Å². The molecule has 0 bridgehead atoms. The Morgan fingerprint density at radius 2 is 1.76 bits per heavy atom. The van der Waals surface area contributed by atoms with Crippen LogP contribution >= 0.6 is 34.8 Å². The van der Waals surface area contributed by atoms with Gasteiger partial charge in [0.1, 0.15) is 0 Å². The summed E-state index contributed by atoms with van der Waals surface area (Å²) < 4.78 is 0. The first kappa shape index (κ1) is 28.4. The molecule has 0 saturated carbocycles. The Bertz CT molecular complexity index is 1080. The number of carbonyl (C=O) groups excluding carboxylic acids is 2. The maximum Gasteiger partial charge on any atom is 0.240 e. The quantitative estimate of drug-likeness (QED) is 0.351. The molecule has 4 rings (SSSR count). The van der Waals surface area contributed by atoms with Gasteiger partial charge in [0.25, 0.3) is 0 Å². The number of carbonyl (C=O) groups is 2. The predicted molar refractivity (Wildman–Crippen MR) is 152 cm³/mol. The highest BCUT2D eigenvalue weighted by Gasteiger charge is 2.31. The smallest absolute Gasteiger partial charge is 0.240 e. The molecule has 2 aliphatic heterocycles. The largest absolute Gasteiger partial charge is 0.337 e. The third kappa shape index (κ3) is 8.18. The van der Waals surface area contributed by atoms with Crippen molar-refractivity contribution in [3.63, 3.8) is 0 Å². The molecule has 2 heterocycles. The topological polar surface area (TPSA) is 52.7 Å². The molecule has 37 heavy (non-hydrogen) atoms. The fourth-order valence-electron chi connectivity index (χ4n) is 5.41. The van der Waals surface area contributed by atoms with Crippen molar-refractivity contribution in [1.82, 2.24) is 15.1 Å². The Hall–Kier alpha value is -1.63. The van der Waals surface area contributed by atoms with Gasteiger partial charge < -0.3 is 15.1 Å². The summed E-state index contributed by atoms with van der Waals surface area (Å²) in [5.41, 5.74) is 2.70. The van der Waals surface area contributed by atoms with E-state index in [2.05, 4.69) is 16.3 Å². The fourth-order valence-corrected chi connectivity index (χ4v) is 6.02. The van der Waals surface area contributed by atoms with Crippen LogP contribution in [0.4, 0.5) is 0 Å². The lowest BCUT2D eigenvalue weighted by molar-refractivity contribution is -0.133. The van der Waals surface area contributed by atoms with E-state index >= 15 is 0 Å². The van der Waals surface area contributed by atoms with E-state index in [1.165, 1.54) is 19.3 Å². The van der Waals surface area contributed by atoms with Crippen molar-refractivity contribution in [3.05, 3.63) is 68.2 Å². The van der Waals surface area contributed by atoms with Crippen LogP contribution < -0.4 is 5.32 Å². The lowest BCUT2D eigenvalue weighted by Gasteiger charge is -2.30. The van der Waals surface area contributed by atoms with Crippen LogP contribution in [0.1, 0.15) is 66.4 Å². The number of nitrogens with one attached hydrogen (secondary N) is 1. The van der Waals surface area contributed by atoms with Crippen molar-refractivity contribution in [1.29, 1.82) is 0 Å². The van der Waals surface area contributed by atoms with Crippen molar-refractivity contribution in [3.8, 4) is 0 Å². The summed E-state index contributed by atoms with van der Waals surface area (Å²) >= 11 is 18.4. The molecule has 2 saturated heterocycles.